The topological polar surface area (TPSA) is 23.6 Å². The number of likely N-dealkylation sites (tertiary alicyclic amines) is 2. The summed E-state index contributed by atoms with van der Waals surface area (Å²) < 4.78 is 0. The Hall–Kier alpha value is -0.830. The first-order chi connectivity index (χ1) is 7.31. The van der Waals surface area contributed by atoms with Gasteiger partial charge in [0.05, 0.1) is 0 Å². The summed E-state index contributed by atoms with van der Waals surface area (Å²) in [5, 5.41) is 0. The third-order valence-corrected chi connectivity index (χ3v) is 3.50. The van der Waals surface area contributed by atoms with Gasteiger partial charge >= 0.3 is 0 Å². The fraction of sp³-hybridized carbons (Fsp3) is 0.750. The van der Waals surface area contributed by atoms with Gasteiger partial charge in [-0.1, -0.05) is 6.58 Å². The van der Waals surface area contributed by atoms with E-state index in [-0.39, 0.29) is 5.91 Å². The van der Waals surface area contributed by atoms with Crippen LogP contribution in [0.15, 0.2) is 12.7 Å². The van der Waals surface area contributed by atoms with Gasteiger partial charge in [-0.2, -0.15) is 0 Å². The predicted octanol–water partition coefficient (Wildman–Crippen LogP) is 1.26. The van der Waals surface area contributed by atoms with Gasteiger partial charge in [0, 0.05) is 19.1 Å². The van der Waals surface area contributed by atoms with Crippen molar-refractivity contribution in [3.05, 3.63) is 12.7 Å². The lowest BCUT2D eigenvalue weighted by atomic mass is 10.2. The molecule has 15 heavy (non-hydrogen) atoms. The quantitative estimate of drug-likeness (QED) is 0.652. The van der Waals surface area contributed by atoms with Crippen LogP contribution in [0.5, 0.6) is 0 Å². The average Bonchev–Trinajstić information content (AvgIpc) is 2.88. The molecule has 0 spiro atoms. The molecule has 3 nitrogen and oxygen atoms in total. The van der Waals surface area contributed by atoms with Gasteiger partial charge in [-0.15, -0.1) is 0 Å². The highest BCUT2D eigenvalue weighted by atomic mass is 16.2. The van der Waals surface area contributed by atoms with Gasteiger partial charge in [0.15, 0.2) is 0 Å². The maximum absolute atomic E-state index is 11.6. The molecular formula is C12H20N2O. The molecule has 0 bridgehead atoms. The molecule has 0 saturated carbocycles. The fourth-order valence-electron chi connectivity index (χ4n) is 2.70. The lowest BCUT2D eigenvalue weighted by Crippen LogP contribution is -2.41. The van der Waals surface area contributed by atoms with Crippen molar-refractivity contribution < 1.29 is 4.79 Å². The summed E-state index contributed by atoms with van der Waals surface area (Å²) in [4.78, 5) is 16.1. The molecule has 0 aromatic heterocycles. The van der Waals surface area contributed by atoms with E-state index in [2.05, 4.69) is 11.5 Å². The van der Waals surface area contributed by atoms with E-state index in [1.165, 1.54) is 32.0 Å². The lowest BCUT2D eigenvalue weighted by molar-refractivity contribution is -0.127. The molecule has 2 aliphatic heterocycles. The zero-order valence-electron chi connectivity index (χ0n) is 9.32. The first-order valence-corrected chi connectivity index (χ1v) is 5.96. The van der Waals surface area contributed by atoms with E-state index >= 15 is 0 Å². The molecule has 0 aromatic rings. The van der Waals surface area contributed by atoms with Gasteiger partial charge < -0.3 is 9.80 Å². The van der Waals surface area contributed by atoms with E-state index < -0.39 is 0 Å². The molecule has 0 aliphatic carbocycles. The van der Waals surface area contributed by atoms with Gasteiger partial charge in [-0.25, -0.2) is 0 Å². The number of rotatable bonds is 3. The van der Waals surface area contributed by atoms with Crippen molar-refractivity contribution in [2.45, 2.75) is 31.7 Å². The fourth-order valence-corrected chi connectivity index (χ4v) is 2.70. The van der Waals surface area contributed by atoms with Crippen molar-refractivity contribution in [3.63, 3.8) is 0 Å². The standard InChI is InChI=1S/C12H20N2O/c1-2-12(15)14-9-5-6-11(14)10-13-7-3-4-8-13/h2,11H,1,3-10H2/t11-/m0/s1. The Bertz CT molecular complexity index is 246. The number of carbonyl (C=O) groups is 1. The third-order valence-electron chi connectivity index (χ3n) is 3.50. The Morgan fingerprint density at radius 2 is 2.00 bits per heavy atom. The minimum atomic E-state index is 0.108. The van der Waals surface area contributed by atoms with Crippen LogP contribution in [0.1, 0.15) is 25.7 Å². The maximum Gasteiger partial charge on any atom is 0.246 e. The second-order valence-corrected chi connectivity index (χ2v) is 4.54. The molecule has 0 radical (unpaired) electrons. The summed E-state index contributed by atoms with van der Waals surface area (Å²) in [7, 11) is 0. The van der Waals surface area contributed by atoms with Crippen LogP contribution in [0, 0.1) is 0 Å². The Labute approximate surface area is 91.7 Å². The molecular weight excluding hydrogens is 188 g/mol. The highest BCUT2D eigenvalue weighted by Crippen LogP contribution is 2.20. The average molecular weight is 208 g/mol. The van der Waals surface area contributed by atoms with Crippen molar-refractivity contribution in [2.24, 2.45) is 0 Å². The molecule has 1 amide bonds. The highest BCUT2D eigenvalue weighted by molar-refractivity contribution is 5.87. The first-order valence-electron chi connectivity index (χ1n) is 5.96. The molecule has 2 fully saturated rings. The lowest BCUT2D eigenvalue weighted by Gasteiger charge is -2.27. The van der Waals surface area contributed by atoms with Crippen LogP contribution in [0.4, 0.5) is 0 Å². The maximum atomic E-state index is 11.6. The van der Waals surface area contributed by atoms with Gasteiger partial charge in [0.2, 0.25) is 5.91 Å². The van der Waals surface area contributed by atoms with E-state index in [1.807, 2.05) is 4.90 Å². The summed E-state index contributed by atoms with van der Waals surface area (Å²) in [5.41, 5.74) is 0. The van der Waals surface area contributed by atoms with Crippen LogP contribution in [-0.2, 0) is 4.79 Å². The van der Waals surface area contributed by atoms with Gasteiger partial charge in [-0.3, -0.25) is 4.79 Å². The van der Waals surface area contributed by atoms with Crippen molar-refractivity contribution in [3.8, 4) is 0 Å². The zero-order chi connectivity index (χ0) is 10.7. The van der Waals surface area contributed by atoms with Gasteiger partial charge in [0.1, 0.15) is 0 Å². The van der Waals surface area contributed by atoms with E-state index in [4.69, 9.17) is 0 Å². The summed E-state index contributed by atoms with van der Waals surface area (Å²) in [6, 6.07) is 0.439. The molecule has 1 atom stereocenters. The summed E-state index contributed by atoms with van der Waals surface area (Å²) in [6.07, 6.45) is 6.40. The number of carbonyl (C=O) groups excluding carboxylic acids is 1. The third kappa shape index (κ3) is 2.40. The molecule has 2 rings (SSSR count). The molecule has 2 aliphatic rings. The predicted molar refractivity (Wildman–Crippen MR) is 60.6 cm³/mol. The Kier molecular flexibility index (Phi) is 3.41. The van der Waals surface area contributed by atoms with Crippen LogP contribution in [0.3, 0.4) is 0 Å². The van der Waals surface area contributed by atoms with E-state index in [0.29, 0.717) is 6.04 Å². The second-order valence-electron chi connectivity index (χ2n) is 4.54. The van der Waals surface area contributed by atoms with Crippen molar-refractivity contribution in [1.82, 2.24) is 9.80 Å². The first kappa shape index (κ1) is 10.7. The molecule has 84 valence electrons. The number of amides is 1. The van der Waals surface area contributed by atoms with E-state index in [1.54, 1.807) is 0 Å². The molecule has 2 saturated heterocycles. The van der Waals surface area contributed by atoms with E-state index in [9.17, 15) is 4.79 Å². The monoisotopic (exact) mass is 208 g/mol. The van der Waals surface area contributed by atoms with Crippen molar-refractivity contribution >= 4 is 5.91 Å². The summed E-state index contributed by atoms with van der Waals surface area (Å²) >= 11 is 0. The number of hydrogen-bond acceptors (Lipinski definition) is 2. The summed E-state index contributed by atoms with van der Waals surface area (Å²) in [6.45, 7) is 7.99. The molecule has 3 heteroatoms. The minimum absolute atomic E-state index is 0.108. The van der Waals surface area contributed by atoms with Crippen LogP contribution in [-0.4, -0.2) is 47.9 Å². The minimum Gasteiger partial charge on any atom is -0.335 e. The molecule has 0 N–H and O–H groups in total. The molecule has 0 unspecified atom stereocenters. The number of nitrogens with zero attached hydrogens (tertiary/aromatic N) is 2. The summed E-state index contributed by atoms with van der Waals surface area (Å²) in [5.74, 6) is 0.108. The van der Waals surface area contributed by atoms with Crippen LogP contribution in [0.2, 0.25) is 0 Å². The highest BCUT2D eigenvalue weighted by Gasteiger charge is 2.29. The van der Waals surface area contributed by atoms with Crippen molar-refractivity contribution in [2.75, 3.05) is 26.2 Å². The Morgan fingerprint density at radius 3 is 2.67 bits per heavy atom. The number of hydrogen-bond donors (Lipinski definition) is 0. The largest absolute Gasteiger partial charge is 0.335 e. The van der Waals surface area contributed by atoms with Gasteiger partial charge in [-0.05, 0) is 44.8 Å². The Balaban J connectivity index is 1.89. The van der Waals surface area contributed by atoms with E-state index in [0.717, 1.165) is 25.9 Å². The Morgan fingerprint density at radius 1 is 1.27 bits per heavy atom. The van der Waals surface area contributed by atoms with Gasteiger partial charge in [0.25, 0.3) is 0 Å². The zero-order valence-corrected chi connectivity index (χ0v) is 9.32. The van der Waals surface area contributed by atoms with Crippen molar-refractivity contribution in [1.29, 1.82) is 0 Å². The molecule has 2 heterocycles. The van der Waals surface area contributed by atoms with Crippen LogP contribution >= 0.6 is 0 Å². The smallest absolute Gasteiger partial charge is 0.246 e. The molecule has 0 aromatic carbocycles. The van der Waals surface area contributed by atoms with Crippen LogP contribution < -0.4 is 0 Å². The van der Waals surface area contributed by atoms with Crippen LogP contribution in [0.25, 0.3) is 0 Å². The normalized spacial score (nSPS) is 27.2. The SMILES string of the molecule is C=CC(=O)N1CCC[C@H]1CN1CCCC1. The second kappa shape index (κ2) is 4.79.